The van der Waals surface area contributed by atoms with Crippen molar-refractivity contribution >= 4 is 29.5 Å². The highest BCUT2D eigenvalue weighted by Gasteiger charge is 2.45. The van der Waals surface area contributed by atoms with Gasteiger partial charge in [-0.2, -0.15) is 0 Å². The Morgan fingerprint density at radius 1 is 1.18 bits per heavy atom. The van der Waals surface area contributed by atoms with E-state index in [-0.39, 0.29) is 35.3 Å². The topological polar surface area (TPSA) is 113 Å². The molecule has 0 aromatic heterocycles. The molecule has 3 aliphatic rings. The van der Waals surface area contributed by atoms with Crippen molar-refractivity contribution in [3.8, 4) is 0 Å². The Hall–Kier alpha value is -3.03. The molecule has 2 heterocycles. The molecule has 2 aliphatic heterocycles. The lowest BCUT2D eigenvalue weighted by Gasteiger charge is -2.27. The molecule has 1 atom stereocenters. The van der Waals surface area contributed by atoms with Crippen LogP contribution < -0.4 is 10.6 Å². The third kappa shape index (κ3) is 2.98. The summed E-state index contributed by atoms with van der Waals surface area (Å²) in [6.45, 7) is 2.69. The van der Waals surface area contributed by atoms with E-state index >= 15 is 0 Å². The molecule has 0 radical (unpaired) electrons. The van der Waals surface area contributed by atoms with E-state index in [0.717, 1.165) is 24.2 Å². The van der Waals surface area contributed by atoms with Gasteiger partial charge >= 0.3 is 0 Å². The molecule has 1 aromatic carbocycles. The van der Waals surface area contributed by atoms with Crippen LogP contribution in [0.2, 0.25) is 0 Å². The lowest BCUT2D eigenvalue weighted by molar-refractivity contribution is -0.136. The van der Waals surface area contributed by atoms with E-state index in [0.29, 0.717) is 12.1 Å². The van der Waals surface area contributed by atoms with Crippen LogP contribution in [-0.4, -0.2) is 47.0 Å². The smallest absolute Gasteiger partial charge is 0.262 e. The van der Waals surface area contributed by atoms with E-state index in [2.05, 4.69) is 17.6 Å². The fourth-order valence-electron chi connectivity index (χ4n) is 3.81. The van der Waals surface area contributed by atoms with Gasteiger partial charge in [-0.25, -0.2) is 0 Å². The number of carbonyl (C=O) groups is 5. The van der Waals surface area contributed by atoms with Crippen molar-refractivity contribution in [2.24, 2.45) is 5.41 Å². The molecule has 1 saturated carbocycles. The summed E-state index contributed by atoms with van der Waals surface area (Å²) in [6, 6.07) is 3.35. The third-order valence-corrected chi connectivity index (χ3v) is 6.03. The van der Waals surface area contributed by atoms with E-state index in [1.807, 2.05) is 0 Å². The number of nitrogens with one attached hydrogen (secondary N) is 2. The summed E-state index contributed by atoms with van der Waals surface area (Å²) < 4.78 is 0. The molecule has 1 unspecified atom stereocenters. The van der Waals surface area contributed by atoms with E-state index in [9.17, 15) is 24.0 Å². The number of fused-ring (bicyclic) bond motifs is 1. The van der Waals surface area contributed by atoms with Crippen molar-refractivity contribution in [1.82, 2.24) is 15.5 Å². The van der Waals surface area contributed by atoms with Gasteiger partial charge in [0.25, 0.3) is 17.7 Å². The molecular formula is C20H21N3O5. The van der Waals surface area contributed by atoms with Gasteiger partial charge in [-0.1, -0.05) is 6.92 Å². The molecule has 1 saturated heterocycles. The Kier molecular flexibility index (Phi) is 4.28. The summed E-state index contributed by atoms with van der Waals surface area (Å²) in [5.74, 6) is -2.56. The molecule has 0 bridgehead atoms. The van der Waals surface area contributed by atoms with Crippen molar-refractivity contribution in [1.29, 1.82) is 0 Å². The molecule has 2 fully saturated rings. The number of piperidine rings is 1. The summed E-state index contributed by atoms with van der Waals surface area (Å²) in [6.07, 6.45) is 3.37. The van der Waals surface area contributed by atoms with Gasteiger partial charge in [-0.3, -0.25) is 34.2 Å². The zero-order valence-corrected chi connectivity index (χ0v) is 15.5. The number of carbonyl (C=O) groups excluding carboxylic acids is 5. The Morgan fingerprint density at radius 3 is 2.54 bits per heavy atom. The first-order valence-electron chi connectivity index (χ1n) is 9.49. The summed E-state index contributed by atoms with van der Waals surface area (Å²) in [4.78, 5) is 62.2. The molecule has 146 valence electrons. The van der Waals surface area contributed by atoms with Crippen LogP contribution in [0.1, 0.15) is 70.1 Å². The number of nitrogens with zero attached hydrogens (tertiary/aromatic N) is 1. The van der Waals surface area contributed by atoms with Crippen LogP contribution in [0.25, 0.3) is 0 Å². The number of rotatable bonds is 5. The van der Waals surface area contributed by atoms with Crippen LogP contribution in [0, 0.1) is 5.41 Å². The number of hydrogen-bond donors (Lipinski definition) is 2. The molecule has 8 heteroatoms. The monoisotopic (exact) mass is 383 g/mol. The lowest BCUT2D eigenvalue weighted by atomic mass is 10.0. The Balaban J connectivity index is 1.53. The third-order valence-electron chi connectivity index (χ3n) is 6.03. The summed E-state index contributed by atoms with van der Waals surface area (Å²) in [5, 5.41) is 5.06. The average Bonchev–Trinajstić information content (AvgIpc) is 3.43. The molecule has 1 aromatic rings. The quantitative estimate of drug-likeness (QED) is 0.737. The highest BCUT2D eigenvalue weighted by Crippen LogP contribution is 2.47. The number of benzene rings is 1. The van der Waals surface area contributed by atoms with E-state index < -0.39 is 29.7 Å². The van der Waals surface area contributed by atoms with Crippen LogP contribution in [0.5, 0.6) is 0 Å². The zero-order valence-electron chi connectivity index (χ0n) is 15.5. The summed E-state index contributed by atoms with van der Waals surface area (Å²) in [5.41, 5.74) is 0.773. The minimum absolute atomic E-state index is 0.0661. The lowest BCUT2D eigenvalue weighted by Crippen LogP contribution is -2.54. The maximum atomic E-state index is 12.8. The molecule has 8 nitrogen and oxygen atoms in total. The average molecular weight is 383 g/mol. The second-order valence-electron chi connectivity index (χ2n) is 7.74. The molecule has 4 rings (SSSR count). The minimum atomic E-state index is -1.01. The van der Waals surface area contributed by atoms with Crippen molar-refractivity contribution in [2.45, 2.75) is 45.1 Å². The van der Waals surface area contributed by atoms with Gasteiger partial charge in [0.15, 0.2) is 0 Å². The van der Waals surface area contributed by atoms with E-state index in [4.69, 9.17) is 0 Å². The Morgan fingerprint density at radius 2 is 1.89 bits per heavy atom. The van der Waals surface area contributed by atoms with Gasteiger partial charge in [0, 0.05) is 18.5 Å². The minimum Gasteiger partial charge on any atom is -0.351 e. The van der Waals surface area contributed by atoms with Crippen molar-refractivity contribution in [3.05, 3.63) is 34.9 Å². The van der Waals surface area contributed by atoms with Crippen LogP contribution in [-0.2, 0) is 9.59 Å². The van der Waals surface area contributed by atoms with Gasteiger partial charge in [0.05, 0.1) is 11.1 Å². The predicted octanol–water partition coefficient (Wildman–Crippen LogP) is 1.01. The fraction of sp³-hybridized carbons (Fsp3) is 0.450. The van der Waals surface area contributed by atoms with Gasteiger partial charge in [0.2, 0.25) is 11.8 Å². The molecule has 2 N–H and O–H groups in total. The molecular weight excluding hydrogens is 362 g/mol. The molecule has 5 amide bonds. The van der Waals surface area contributed by atoms with Gasteiger partial charge < -0.3 is 5.32 Å². The maximum Gasteiger partial charge on any atom is 0.262 e. The second-order valence-corrected chi connectivity index (χ2v) is 7.74. The van der Waals surface area contributed by atoms with E-state index in [1.54, 1.807) is 0 Å². The van der Waals surface area contributed by atoms with Crippen molar-refractivity contribution in [2.75, 3.05) is 6.54 Å². The first-order chi connectivity index (χ1) is 13.3. The summed E-state index contributed by atoms with van der Waals surface area (Å²) >= 11 is 0. The maximum absolute atomic E-state index is 12.8. The predicted molar refractivity (Wildman–Crippen MR) is 97.4 cm³/mol. The second kappa shape index (κ2) is 6.54. The number of hydrogen-bond acceptors (Lipinski definition) is 5. The SMILES string of the molecule is CCC1(CNC(=O)c2ccc3c(c2)C(=O)N(C2CCC(=O)NC2=O)C3=O)CC1. The van der Waals surface area contributed by atoms with Crippen LogP contribution in [0.15, 0.2) is 18.2 Å². The highest BCUT2D eigenvalue weighted by atomic mass is 16.2. The first-order valence-corrected chi connectivity index (χ1v) is 9.49. The largest absolute Gasteiger partial charge is 0.351 e. The molecule has 1 aliphatic carbocycles. The first kappa shape index (κ1) is 18.3. The number of imide groups is 2. The van der Waals surface area contributed by atoms with Crippen LogP contribution in [0.3, 0.4) is 0 Å². The summed E-state index contributed by atoms with van der Waals surface area (Å²) in [7, 11) is 0. The number of amides is 5. The Labute approximate surface area is 161 Å². The molecule has 0 spiro atoms. The zero-order chi connectivity index (χ0) is 20.1. The van der Waals surface area contributed by atoms with Crippen molar-refractivity contribution < 1.29 is 24.0 Å². The highest BCUT2D eigenvalue weighted by molar-refractivity contribution is 6.24. The van der Waals surface area contributed by atoms with E-state index in [1.165, 1.54) is 18.2 Å². The van der Waals surface area contributed by atoms with Crippen LogP contribution in [0.4, 0.5) is 0 Å². The van der Waals surface area contributed by atoms with Gasteiger partial charge in [-0.05, 0) is 49.3 Å². The molecule has 28 heavy (non-hydrogen) atoms. The standard InChI is InChI=1S/C20H21N3O5/c1-2-20(7-8-20)10-21-16(25)11-3-4-12-13(9-11)19(28)23(18(12)27)14-5-6-15(24)22-17(14)26/h3-4,9,14H,2,5-8,10H2,1H3,(H,21,25)(H,22,24,26). The van der Waals surface area contributed by atoms with Gasteiger partial charge in [0.1, 0.15) is 6.04 Å². The fourth-order valence-corrected chi connectivity index (χ4v) is 3.81. The Bertz CT molecular complexity index is 918. The van der Waals surface area contributed by atoms with Crippen molar-refractivity contribution in [3.63, 3.8) is 0 Å². The van der Waals surface area contributed by atoms with Crippen LogP contribution >= 0.6 is 0 Å². The van der Waals surface area contributed by atoms with Gasteiger partial charge in [-0.15, -0.1) is 0 Å². The normalized spacial score (nSPS) is 22.8.